The fraction of sp³-hybridized carbons (Fsp3) is 0.938. The molecule has 2 nitrogen and oxygen atoms in total. The molecule has 0 aliphatic heterocycles. The third-order valence-corrected chi connectivity index (χ3v) is 5.84. The second kappa shape index (κ2) is 6.12. The van der Waals surface area contributed by atoms with E-state index in [-0.39, 0.29) is 22.1 Å². The van der Waals surface area contributed by atoms with Crippen molar-refractivity contribution >= 4 is 14.6 Å². The Labute approximate surface area is 120 Å². The van der Waals surface area contributed by atoms with E-state index in [2.05, 4.69) is 41.3 Å². The van der Waals surface area contributed by atoms with E-state index in [0.717, 1.165) is 25.7 Å². The number of carbonyl (C=O) groups excluding carboxylic acids is 1. The van der Waals surface area contributed by atoms with Crippen molar-refractivity contribution < 1.29 is 9.53 Å². The van der Waals surface area contributed by atoms with Crippen LogP contribution in [0.15, 0.2) is 0 Å². The lowest BCUT2D eigenvalue weighted by Gasteiger charge is -2.37. The van der Waals surface area contributed by atoms with Crippen LogP contribution in [-0.4, -0.2) is 23.4 Å². The summed E-state index contributed by atoms with van der Waals surface area (Å²) in [5.41, 5.74) is 0.00170. The molecule has 2 atom stereocenters. The summed E-state index contributed by atoms with van der Waals surface area (Å²) >= 11 is 0. The monoisotopic (exact) mass is 286 g/mol. The van der Waals surface area contributed by atoms with Gasteiger partial charge in [0.2, 0.25) is 0 Å². The summed E-state index contributed by atoms with van der Waals surface area (Å²) in [6.07, 6.45) is 6.35. The van der Waals surface area contributed by atoms with Crippen LogP contribution in [0.3, 0.4) is 0 Å². The molecule has 1 rings (SSSR count). The highest BCUT2D eigenvalue weighted by molar-refractivity contribution is 7.40. The molecule has 1 saturated carbocycles. The average Bonchev–Trinajstić information content (AvgIpc) is 2.76. The Hall–Kier alpha value is -0.100. The van der Waals surface area contributed by atoms with Crippen LogP contribution in [-0.2, 0) is 9.53 Å². The molecule has 112 valence electrons. The molecule has 0 aromatic heterocycles. The average molecular weight is 286 g/mol. The van der Waals surface area contributed by atoms with Gasteiger partial charge in [-0.2, -0.15) is 0 Å². The van der Waals surface area contributed by atoms with E-state index in [1.54, 1.807) is 0 Å². The van der Waals surface area contributed by atoms with Crippen LogP contribution in [0.2, 0.25) is 0 Å². The van der Waals surface area contributed by atoms with Crippen LogP contribution in [0.25, 0.3) is 0 Å². The van der Waals surface area contributed by atoms with Crippen molar-refractivity contribution in [2.75, 3.05) is 6.66 Å². The van der Waals surface area contributed by atoms with Gasteiger partial charge in [-0.05, 0) is 57.5 Å². The van der Waals surface area contributed by atoms with Crippen molar-refractivity contribution in [1.82, 2.24) is 0 Å². The quantitative estimate of drug-likeness (QED) is 0.538. The molecule has 0 amide bonds. The molecule has 1 fully saturated rings. The molecule has 0 aromatic rings. The molecular formula is C16H31O2P. The summed E-state index contributed by atoms with van der Waals surface area (Å²) in [6, 6.07) is 0. The molecule has 0 saturated heterocycles. The van der Waals surface area contributed by atoms with Crippen molar-refractivity contribution in [1.29, 1.82) is 0 Å². The number of hydrogen-bond donors (Lipinski definition) is 0. The fourth-order valence-corrected chi connectivity index (χ4v) is 4.14. The summed E-state index contributed by atoms with van der Waals surface area (Å²) in [4.78, 5) is 12.7. The van der Waals surface area contributed by atoms with Crippen LogP contribution in [0.5, 0.6) is 0 Å². The van der Waals surface area contributed by atoms with Crippen molar-refractivity contribution in [3.8, 4) is 0 Å². The van der Waals surface area contributed by atoms with E-state index in [1.165, 1.54) is 12.8 Å². The zero-order valence-electron chi connectivity index (χ0n) is 13.6. The summed E-state index contributed by atoms with van der Waals surface area (Å²) in [5.74, 6) is 0.0343. The molecule has 0 radical (unpaired) electrons. The second-order valence-corrected chi connectivity index (χ2v) is 9.06. The van der Waals surface area contributed by atoms with Gasteiger partial charge in [-0.15, -0.1) is 8.58 Å². The van der Waals surface area contributed by atoms with E-state index in [4.69, 9.17) is 4.74 Å². The minimum atomic E-state index is -0.316. The van der Waals surface area contributed by atoms with Gasteiger partial charge in [0.05, 0.1) is 5.16 Å². The largest absolute Gasteiger partial charge is 0.458 e. The van der Waals surface area contributed by atoms with E-state index < -0.39 is 0 Å². The number of hydrogen-bond acceptors (Lipinski definition) is 2. The molecular weight excluding hydrogens is 255 g/mol. The predicted molar refractivity (Wildman–Crippen MR) is 84.3 cm³/mol. The number of ether oxygens (including phenoxy) is 1. The maximum Gasteiger partial charge on any atom is 0.316 e. The fourth-order valence-electron chi connectivity index (χ4n) is 3.18. The first-order chi connectivity index (χ1) is 8.66. The zero-order valence-corrected chi connectivity index (χ0v) is 14.6. The summed E-state index contributed by atoms with van der Waals surface area (Å²) in [7, 11) is 0.592. The van der Waals surface area contributed by atoms with E-state index in [9.17, 15) is 4.79 Å². The Bertz CT molecular complexity index is 313. The van der Waals surface area contributed by atoms with Gasteiger partial charge < -0.3 is 4.74 Å². The predicted octanol–water partition coefficient (Wildman–Crippen LogP) is 4.76. The third kappa shape index (κ3) is 4.45. The lowest BCUT2D eigenvalue weighted by molar-refractivity contribution is -0.163. The third-order valence-electron chi connectivity index (χ3n) is 4.35. The van der Waals surface area contributed by atoms with Crippen LogP contribution in [0, 0.1) is 5.41 Å². The molecule has 3 heteroatoms. The first-order valence-corrected chi connectivity index (χ1v) is 9.09. The van der Waals surface area contributed by atoms with Crippen molar-refractivity contribution in [3.63, 3.8) is 0 Å². The Balaban J connectivity index is 2.78. The van der Waals surface area contributed by atoms with Gasteiger partial charge in [0, 0.05) is 0 Å². The Kier molecular flexibility index (Phi) is 5.46. The smallest absolute Gasteiger partial charge is 0.316 e. The summed E-state index contributed by atoms with van der Waals surface area (Å²) in [5, 5.41) is -0.316. The van der Waals surface area contributed by atoms with Crippen LogP contribution in [0.1, 0.15) is 73.1 Å². The number of esters is 1. The Morgan fingerprint density at radius 3 is 2.11 bits per heavy atom. The van der Waals surface area contributed by atoms with Crippen molar-refractivity contribution in [2.24, 2.45) is 5.41 Å². The minimum absolute atomic E-state index is 0.0343. The van der Waals surface area contributed by atoms with Gasteiger partial charge in [-0.1, -0.05) is 27.7 Å². The van der Waals surface area contributed by atoms with Gasteiger partial charge >= 0.3 is 5.97 Å². The molecule has 1 aliphatic rings. The van der Waals surface area contributed by atoms with E-state index >= 15 is 0 Å². The normalized spacial score (nSPS) is 22.6. The van der Waals surface area contributed by atoms with Crippen molar-refractivity contribution in [2.45, 2.75) is 83.9 Å². The highest BCUT2D eigenvalue weighted by Gasteiger charge is 2.43. The Morgan fingerprint density at radius 1 is 1.21 bits per heavy atom. The van der Waals surface area contributed by atoms with Crippen LogP contribution < -0.4 is 0 Å². The molecule has 0 heterocycles. The molecule has 0 aromatic carbocycles. The number of rotatable bonds is 5. The standard InChI is InChI=1S/C16H31O2P/c1-7-16(10-8-9-11-16)18-13(17)15(5,19-6)12-14(2,3)4/h19H,7-12H2,1-6H3. The number of carbonyl (C=O) groups is 1. The van der Waals surface area contributed by atoms with Gasteiger partial charge in [-0.25, -0.2) is 0 Å². The van der Waals surface area contributed by atoms with Crippen LogP contribution >= 0.6 is 8.58 Å². The van der Waals surface area contributed by atoms with Gasteiger partial charge in [0.25, 0.3) is 0 Å². The molecule has 0 spiro atoms. The minimum Gasteiger partial charge on any atom is -0.458 e. The van der Waals surface area contributed by atoms with Gasteiger partial charge in [0.15, 0.2) is 0 Å². The maximum absolute atomic E-state index is 12.7. The molecule has 19 heavy (non-hydrogen) atoms. The molecule has 1 aliphatic carbocycles. The van der Waals surface area contributed by atoms with E-state index in [1.807, 2.05) is 0 Å². The second-order valence-electron chi connectivity index (χ2n) is 7.45. The Morgan fingerprint density at radius 2 is 1.74 bits per heavy atom. The SMILES string of the molecule is CCC1(OC(=O)C(C)(CC(C)(C)C)PC)CCCC1. The first kappa shape index (κ1) is 17.0. The topological polar surface area (TPSA) is 26.3 Å². The zero-order chi connectivity index (χ0) is 14.7. The molecule has 2 unspecified atom stereocenters. The highest BCUT2D eigenvalue weighted by Crippen LogP contribution is 2.43. The van der Waals surface area contributed by atoms with Crippen molar-refractivity contribution in [3.05, 3.63) is 0 Å². The van der Waals surface area contributed by atoms with E-state index in [0.29, 0.717) is 8.58 Å². The maximum atomic E-state index is 12.7. The van der Waals surface area contributed by atoms with Gasteiger partial charge in [-0.3, -0.25) is 4.79 Å². The summed E-state index contributed by atoms with van der Waals surface area (Å²) < 4.78 is 6.02. The highest BCUT2D eigenvalue weighted by atomic mass is 31.1. The van der Waals surface area contributed by atoms with Crippen LogP contribution in [0.4, 0.5) is 0 Å². The summed E-state index contributed by atoms with van der Waals surface area (Å²) in [6.45, 7) is 12.9. The molecule has 0 bridgehead atoms. The first-order valence-electron chi connectivity index (χ1n) is 7.59. The lowest BCUT2D eigenvalue weighted by Crippen LogP contribution is -2.42. The molecule has 0 N–H and O–H groups in total. The van der Waals surface area contributed by atoms with Gasteiger partial charge in [0.1, 0.15) is 5.60 Å². The lowest BCUT2D eigenvalue weighted by atomic mass is 9.84.